The number of rotatable bonds is 5. The summed E-state index contributed by atoms with van der Waals surface area (Å²) >= 11 is 0. The van der Waals surface area contributed by atoms with Gasteiger partial charge in [0.1, 0.15) is 0 Å². The maximum absolute atomic E-state index is 4.49. The van der Waals surface area contributed by atoms with Crippen molar-refractivity contribution in [3.05, 3.63) is 18.0 Å². The lowest BCUT2D eigenvalue weighted by Crippen LogP contribution is -2.36. The number of nitrogens with zero attached hydrogens (tertiary/aromatic N) is 3. The van der Waals surface area contributed by atoms with Gasteiger partial charge in [-0.2, -0.15) is 5.10 Å². The van der Waals surface area contributed by atoms with Gasteiger partial charge in [-0.1, -0.05) is 6.42 Å². The van der Waals surface area contributed by atoms with Crippen LogP contribution in [0.15, 0.2) is 12.3 Å². The molecule has 1 saturated heterocycles. The number of nitrogens with one attached hydrogen (secondary N) is 1. The largest absolute Gasteiger partial charge is 0.314 e. The van der Waals surface area contributed by atoms with Crippen molar-refractivity contribution >= 4 is 0 Å². The molecule has 1 aromatic heterocycles. The minimum Gasteiger partial charge on any atom is -0.314 e. The van der Waals surface area contributed by atoms with E-state index in [1.807, 2.05) is 6.20 Å². The molecule has 2 unspecified atom stereocenters. The Kier molecular flexibility index (Phi) is 4.41. The predicted octanol–water partition coefficient (Wildman–Crippen LogP) is 2.43. The van der Waals surface area contributed by atoms with Gasteiger partial charge in [0.25, 0.3) is 0 Å². The summed E-state index contributed by atoms with van der Waals surface area (Å²) in [7, 11) is 2.28. The van der Waals surface area contributed by atoms with Gasteiger partial charge >= 0.3 is 0 Å². The lowest BCUT2D eigenvalue weighted by molar-refractivity contribution is 0.178. The zero-order valence-electron chi connectivity index (χ0n) is 12.9. The highest BCUT2D eigenvalue weighted by Crippen LogP contribution is 2.34. The molecular formula is C16H28N4. The van der Waals surface area contributed by atoms with Crippen molar-refractivity contribution < 1.29 is 0 Å². The van der Waals surface area contributed by atoms with Gasteiger partial charge < -0.3 is 5.32 Å². The summed E-state index contributed by atoms with van der Waals surface area (Å²) in [5, 5.41) is 8.23. The molecule has 4 nitrogen and oxygen atoms in total. The molecule has 0 spiro atoms. The molecule has 3 rings (SSSR count). The van der Waals surface area contributed by atoms with Crippen LogP contribution in [-0.2, 0) is 6.54 Å². The fourth-order valence-corrected chi connectivity index (χ4v) is 3.57. The molecule has 1 aromatic rings. The van der Waals surface area contributed by atoms with Crippen LogP contribution in [0.25, 0.3) is 0 Å². The molecule has 20 heavy (non-hydrogen) atoms. The standard InChI is InChI=1S/C16H28N4/c1-3-20-15(9-10-18-20)16-13(12-17-14-7-8-14)6-4-5-11-19(16)2/h9-10,13-14,16-17H,3-8,11-12H2,1-2H3. The Morgan fingerprint density at radius 3 is 2.90 bits per heavy atom. The Bertz CT molecular complexity index is 424. The first-order chi connectivity index (χ1) is 9.79. The molecule has 2 aliphatic rings. The summed E-state index contributed by atoms with van der Waals surface area (Å²) in [6, 6.07) is 3.55. The second-order valence-electron chi connectivity index (χ2n) is 6.44. The van der Waals surface area contributed by atoms with Crippen LogP contribution in [0.5, 0.6) is 0 Å². The van der Waals surface area contributed by atoms with E-state index in [1.165, 1.54) is 44.3 Å². The van der Waals surface area contributed by atoms with Gasteiger partial charge in [0, 0.05) is 25.3 Å². The maximum atomic E-state index is 4.49. The second-order valence-corrected chi connectivity index (χ2v) is 6.44. The molecule has 0 amide bonds. The average Bonchev–Trinajstić information content (AvgIpc) is 3.20. The van der Waals surface area contributed by atoms with Crippen LogP contribution in [0.2, 0.25) is 0 Å². The normalized spacial score (nSPS) is 28.5. The van der Waals surface area contributed by atoms with Gasteiger partial charge in [0.2, 0.25) is 0 Å². The van der Waals surface area contributed by atoms with Crippen molar-refractivity contribution in [3.8, 4) is 0 Å². The minimum atomic E-state index is 0.520. The van der Waals surface area contributed by atoms with Crippen molar-refractivity contribution in [2.45, 2.75) is 57.7 Å². The lowest BCUT2D eigenvalue weighted by atomic mass is 9.92. The number of aryl methyl sites for hydroxylation is 1. The van der Waals surface area contributed by atoms with E-state index in [9.17, 15) is 0 Å². The Hall–Kier alpha value is -0.870. The van der Waals surface area contributed by atoms with E-state index in [2.05, 4.69) is 40.0 Å². The van der Waals surface area contributed by atoms with Crippen LogP contribution in [0, 0.1) is 5.92 Å². The fraction of sp³-hybridized carbons (Fsp3) is 0.812. The van der Waals surface area contributed by atoms with Gasteiger partial charge in [0.15, 0.2) is 0 Å². The van der Waals surface area contributed by atoms with Crippen LogP contribution in [-0.4, -0.2) is 40.9 Å². The Morgan fingerprint density at radius 1 is 1.30 bits per heavy atom. The van der Waals surface area contributed by atoms with Gasteiger partial charge in [-0.15, -0.1) is 0 Å². The highest BCUT2D eigenvalue weighted by Gasteiger charge is 2.32. The van der Waals surface area contributed by atoms with Crippen molar-refractivity contribution in [1.82, 2.24) is 20.0 Å². The van der Waals surface area contributed by atoms with Crippen LogP contribution < -0.4 is 5.32 Å². The zero-order chi connectivity index (χ0) is 13.9. The summed E-state index contributed by atoms with van der Waals surface area (Å²) in [5.74, 6) is 0.713. The first-order valence-corrected chi connectivity index (χ1v) is 8.25. The summed E-state index contributed by atoms with van der Waals surface area (Å²) in [6.45, 7) is 5.52. The number of hydrogen-bond acceptors (Lipinski definition) is 3. The van der Waals surface area contributed by atoms with E-state index in [0.717, 1.165) is 19.1 Å². The topological polar surface area (TPSA) is 33.1 Å². The van der Waals surface area contributed by atoms with E-state index < -0.39 is 0 Å². The maximum Gasteiger partial charge on any atom is 0.0558 e. The lowest BCUT2D eigenvalue weighted by Gasteiger charge is -2.33. The Morgan fingerprint density at radius 2 is 2.15 bits per heavy atom. The zero-order valence-corrected chi connectivity index (χ0v) is 12.9. The average molecular weight is 276 g/mol. The van der Waals surface area contributed by atoms with Gasteiger partial charge in [0.05, 0.1) is 11.7 Å². The molecule has 0 aromatic carbocycles. The number of aromatic nitrogens is 2. The van der Waals surface area contributed by atoms with E-state index in [4.69, 9.17) is 0 Å². The van der Waals surface area contributed by atoms with Crippen LogP contribution >= 0.6 is 0 Å². The molecule has 0 bridgehead atoms. The van der Waals surface area contributed by atoms with Crippen molar-refractivity contribution in [2.24, 2.45) is 5.92 Å². The van der Waals surface area contributed by atoms with E-state index in [-0.39, 0.29) is 0 Å². The fourth-order valence-electron chi connectivity index (χ4n) is 3.57. The first-order valence-electron chi connectivity index (χ1n) is 8.25. The van der Waals surface area contributed by atoms with E-state index in [1.54, 1.807) is 0 Å². The molecule has 4 heteroatoms. The summed E-state index contributed by atoms with van der Waals surface area (Å²) < 4.78 is 2.18. The number of likely N-dealkylation sites (tertiary alicyclic amines) is 1. The van der Waals surface area contributed by atoms with Crippen molar-refractivity contribution in [3.63, 3.8) is 0 Å². The summed E-state index contributed by atoms with van der Waals surface area (Å²) in [6.07, 6.45) is 8.73. The highest BCUT2D eigenvalue weighted by atomic mass is 15.3. The second kappa shape index (κ2) is 6.27. The third kappa shape index (κ3) is 3.07. The molecule has 2 heterocycles. The Balaban J connectivity index is 1.79. The molecule has 0 radical (unpaired) electrons. The monoisotopic (exact) mass is 276 g/mol. The molecular weight excluding hydrogens is 248 g/mol. The molecule has 112 valence electrons. The molecule has 2 fully saturated rings. The quantitative estimate of drug-likeness (QED) is 0.896. The SMILES string of the molecule is CCn1nccc1C1C(CNC2CC2)CCCCN1C. The third-order valence-corrected chi connectivity index (χ3v) is 4.86. The summed E-state index contributed by atoms with van der Waals surface area (Å²) in [5.41, 5.74) is 1.40. The molecule has 1 aliphatic carbocycles. The first kappa shape index (κ1) is 14.1. The van der Waals surface area contributed by atoms with Gasteiger partial charge in [-0.05, 0) is 58.2 Å². The minimum absolute atomic E-state index is 0.520. The van der Waals surface area contributed by atoms with Crippen LogP contribution in [0.1, 0.15) is 50.8 Å². The van der Waals surface area contributed by atoms with Crippen molar-refractivity contribution in [2.75, 3.05) is 20.1 Å². The Labute approximate surface area is 122 Å². The summed E-state index contributed by atoms with van der Waals surface area (Å²) in [4.78, 5) is 2.55. The van der Waals surface area contributed by atoms with Crippen LogP contribution in [0.3, 0.4) is 0 Å². The van der Waals surface area contributed by atoms with Crippen molar-refractivity contribution in [1.29, 1.82) is 0 Å². The molecule has 1 saturated carbocycles. The highest BCUT2D eigenvalue weighted by molar-refractivity contribution is 5.10. The van der Waals surface area contributed by atoms with E-state index >= 15 is 0 Å². The molecule has 1 aliphatic heterocycles. The smallest absolute Gasteiger partial charge is 0.0558 e. The van der Waals surface area contributed by atoms with Gasteiger partial charge in [-0.3, -0.25) is 9.58 Å². The van der Waals surface area contributed by atoms with Crippen LogP contribution in [0.4, 0.5) is 0 Å². The van der Waals surface area contributed by atoms with E-state index in [0.29, 0.717) is 12.0 Å². The predicted molar refractivity (Wildman–Crippen MR) is 81.6 cm³/mol. The molecule has 2 atom stereocenters. The number of hydrogen-bond donors (Lipinski definition) is 1. The third-order valence-electron chi connectivity index (χ3n) is 4.86. The van der Waals surface area contributed by atoms with Gasteiger partial charge in [-0.25, -0.2) is 0 Å². The molecule has 1 N–H and O–H groups in total.